The van der Waals surface area contributed by atoms with Gasteiger partial charge in [0.15, 0.2) is 0 Å². The average Bonchev–Trinajstić information content (AvgIpc) is 2.86. The Kier molecular flexibility index (Phi) is 1.46. The van der Waals surface area contributed by atoms with Crippen LogP contribution >= 0.6 is 0 Å². The summed E-state index contributed by atoms with van der Waals surface area (Å²) in [6.07, 6.45) is 3.77. The summed E-state index contributed by atoms with van der Waals surface area (Å²) in [5, 5.41) is 0. The van der Waals surface area contributed by atoms with Crippen LogP contribution in [0.2, 0.25) is 0 Å². The highest BCUT2D eigenvalue weighted by Gasteiger charge is 2.47. The van der Waals surface area contributed by atoms with Crippen molar-refractivity contribution in [3.8, 4) is 0 Å². The molecule has 12 heavy (non-hydrogen) atoms. The molecular weight excluding hydrogens is 157 g/mol. The molecule has 62 valence electrons. The molecule has 0 N–H and O–H groups in total. The molecule has 2 rings (SSSR count). The number of hydrogen-bond acceptors (Lipinski definition) is 2. The van der Waals surface area contributed by atoms with E-state index in [1.54, 1.807) is 0 Å². The van der Waals surface area contributed by atoms with E-state index in [2.05, 4.69) is 4.98 Å². The second-order valence-electron chi connectivity index (χ2n) is 3.11. The third-order valence-corrected chi connectivity index (χ3v) is 2.24. The van der Waals surface area contributed by atoms with Gasteiger partial charge >= 0.3 is 0 Å². The first-order valence-electron chi connectivity index (χ1n) is 3.86. The van der Waals surface area contributed by atoms with Crippen molar-refractivity contribution in [1.29, 1.82) is 0 Å². The van der Waals surface area contributed by atoms with Gasteiger partial charge in [0.2, 0.25) is 0 Å². The maximum absolute atomic E-state index is 13.1. The molecule has 0 bridgehead atoms. The molecule has 0 aromatic carbocycles. The maximum atomic E-state index is 13.1. The largest absolute Gasteiger partial charge is 0.302 e. The zero-order valence-electron chi connectivity index (χ0n) is 6.46. The highest BCUT2D eigenvalue weighted by atomic mass is 19.1. The van der Waals surface area contributed by atoms with Crippen molar-refractivity contribution < 1.29 is 9.18 Å². The number of carbonyl (C=O) groups excluding carboxylic acids is 1. The zero-order valence-corrected chi connectivity index (χ0v) is 6.46. The van der Waals surface area contributed by atoms with E-state index in [0.29, 0.717) is 5.69 Å². The van der Waals surface area contributed by atoms with Crippen molar-refractivity contribution in [1.82, 2.24) is 4.98 Å². The standard InChI is InChI=1S/C9H8FNO/c10-7-2-1-5-11-8(7)9(6-12)3-4-9/h1-2,5-6H,3-4H2. The van der Waals surface area contributed by atoms with E-state index in [1.165, 1.54) is 18.3 Å². The van der Waals surface area contributed by atoms with Gasteiger partial charge in [-0.3, -0.25) is 4.98 Å². The van der Waals surface area contributed by atoms with E-state index in [1.807, 2.05) is 0 Å². The number of hydrogen-bond donors (Lipinski definition) is 0. The molecule has 1 aliphatic carbocycles. The van der Waals surface area contributed by atoms with Gasteiger partial charge in [-0.25, -0.2) is 4.39 Å². The lowest BCUT2D eigenvalue weighted by atomic mass is 10.0. The molecular formula is C9H8FNO. The van der Waals surface area contributed by atoms with Crippen LogP contribution in [0.15, 0.2) is 18.3 Å². The van der Waals surface area contributed by atoms with Crippen molar-refractivity contribution >= 4 is 6.29 Å². The molecule has 1 fully saturated rings. The van der Waals surface area contributed by atoms with Crippen molar-refractivity contribution in [3.63, 3.8) is 0 Å². The summed E-state index contributed by atoms with van der Waals surface area (Å²) >= 11 is 0. The summed E-state index contributed by atoms with van der Waals surface area (Å²) < 4.78 is 13.1. The lowest BCUT2D eigenvalue weighted by molar-refractivity contribution is -0.110. The first-order valence-corrected chi connectivity index (χ1v) is 3.86. The first-order chi connectivity index (χ1) is 5.78. The number of pyridine rings is 1. The zero-order chi connectivity index (χ0) is 8.60. The van der Waals surface area contributed by atoms with Crippen molar-refractivity contribution in [2.75, 3.05) is 0 Å². The van der Waals surface area contributed by atoms with Crippen molar-refractivity contribution in [2.24, 2.45) is 0 Å². The molecule has 1 aromatic heterocycles. The topological polar surface area (TPSA) is 30.0 Å². The van der Waals surface area contributed by atoms with Crippen LogP contribution in [0.5, 0.6) is 0 Å². The summed E-state index contributed by atoms with van der Waals surface area (Å²) in [7, 11) is 0. The van der Waals surface area contributed by atoms with E-state index in [4.69, 9.17) is 0 Å². The Morgan fingerprint density at radius 1 is 1.58 bits per heavy atom. The fraction of sp³-hybridized carbons (Fsp3) is 0.333. The molecule has 0 spiro atoms. The highest BCUT2D eigenvalue weighted by molar-refractivity contribution is 5.72. The predicted octanol–water partition coefficient (Wildman–Crippen LogP) is 1.45. The van der Waals surface area contributed by atoms with Gasteiger partial charge in [0.05, 0.1) is 11.1 Å². The minimum absolute atomic E-state index is 0.306. The minimum Gasteiger partial charge on any atom is -0.302 e. The van der Waals surface area contributed by atoms with Gasteiger partial charge in [0.1, 0.15) is 12.1 Å². The molecule has 0 radical (unpaired) electrons. The number of aromatic nitrogens is 1. The highest BCUT2D eigenvalue weighted by Crippen LogP contribution is 2.45. The Balaban J connectivity index is 2.46. The predicted molar refractivity (Wildman–Crippen MR) is 41.2 cm³/mol. The first kappa shape index (κ1) is 7.40. The number of halogens is 1. The van der Waals surface area contributed by atoms with E-state index in [9.17, 15) is 9.18 Å². The Labute approximate surface area is 69.4 Å². The van der Waals surface area contributed by atoms with Gasteiger partial charge in [-0.2, -0.15) is 0 Å². The molecule has 1 saturated carbocycles. The fourth-order valence-electron chi connectivity index (χ4n) is 1.30. The summed E-state index contributed by atoms with van der Waals surface area (Å²) in [4.78, 5) is 14.5. The molecule has 0 atom stereocenters. The molecule has 0 unspecified atom stereocenters. The van der Waals surface area contributed by atoms with Gasteiger partial charge in [-0.05, 0) is 25.0 Å². The van der Waals surface area contributed by atoms with Gasteiger partial charge in [0, 0.05) is 6.20 Å². The number of aldehydes is 1. The van der Waals surface area contributed by atoms with Gasteiger partial charge in [0.25, 0.3) is 0 Å². The third kappa shape index (κ3) is 0.932. The average molecular weight is 165 g/mol. The SMILES string of the molecule is O=CC1(c2ncccc2F)CC1. The summed E-state index contributed by atoms with van der Waals surface area (Å²) in [6, 6.07) is 2.87. The van der Waals surface area contributed by atoms with Gasteiger partial charge in [-0.1, -0.05) is 0 Å². The smallest absolute Gasteiger partial charge is 0.145 e. The van der Waals surface area contributed by atoms with Crippen molar-refractivity contribution in [3.05, 3.63) is 29.8 Å². The monoisotopic (exact) mass is 165 g/mol. The van der Waals surface area contributed by atoms with Crippen LogP contribution in [0.1, 0.15) is 18.5 Å². The van der Waals surface area contributed by atoms with Gasteiger partial charge in [-0.15, -0.1) is 0 Å². The summed E-state index contributed by atoms with van der Waals surface area (Å²) in [6.45, 7) is 0. The van der Waals surface area contributed by atoms with Crippen LogP contribution in [-0.4, -0.2) is 11.3 Å². The molecule has 0 amide bonds. The van der Waals surface area contributed by atoms with Crippen LogP contribution in [0.25, 0.3) is 0 Å². The molecule has 1 heterocycles. The van der Waals surface area contributed by atoms with Gasteiger partial charge < -0.3 is 4.79 Å². The van der Waals surface area contributed by atoms with Crippen LogP contribution in [0, 0.1) is 5.82 Å². The maximum Gasteiger partial charge on any atom is 0.145 e. The molecule has 0 aliphatic heterocycles. The van der Waals surface area contributed by atoms with Crippen LogP contribution < -0.4 is 0 Å². The molecule has 1 aliphatic rings. The van der Waals surface area contributed by atoms with Crippen LogP contribution in [-0.2, 0) is 10.2 Å². The quantitative estimate of drug-likeness (QED) is 0.621. The lowest BCUT2D eigenvalue weighted by Gasteiger charge is -2.05. The van der Waals surface area contributed by atoms with E-state index >= 15 is 0 Å². The summed E-state index contributed by atoms with van der Waals surface area (Å²) in [5.41, 5.74) is -0.286. The fourth-order valence-corrected chi connectivity index (χ4v) is 1.30. The molecule has 1 aromatic rings. The van der Waals surface area contributed by atoms with Crippen LogP contribution in [0.3, 0.4) is 0 Å². The third-order valence-electron chi connectivity index (χ3n) is 2.24. The van der Waals surface area contributed by atoms with Crippen LogP contribution in [0.4, 0.5) is 4.39 Å². The van der Waals surface area contributed by atoms with E-state index in [0.717, 1.165) is 19.1 Å². The summed E-state index contributed by atoms with van der Waals surface area (Å²) in [5.74, 6) is -0.373. The lowest BCUT2D eigenvalue weighted by Crippen LogP contribution is -2.12. The number of rotatable bonds is 2. The Bertz CT molecular complexity index is 320. The molecule has 3 heteroatoms. The van der Waals surface area contributed by atoms with Crippen molar-refractivity contribution in [2.45, 2.75) is 18.3 Å². The second-order valence-corrected chi connectivity index (χ2v) is 3.11. The number of carbonyl (C=O) groups is 1. The Hall–Kier alpha value is -1.25. The second kappa shape index (κ2) is 2.37. The normalized spacial score (nSPS) is 18.8. The van der Waals surface area contributed by atoms with E-state index < -0.39 is 5.41 Å². The number of nitrogens with zero attached hydrogens (tertiary/aromatic N) is 1. The Morgan fingerprint density at radius 3 is 2.83 bits per heavy atom. The van der Waals surface area contributed by atoms with E-state index in [-0.39, 0.29) is 5.82 Å². The Morgan fingerprint density at radius 2 is 2.33 bits per heavy atom. The minimum atomic E-state index is -0.592. The molecule has 2 nitrogen and oxygen atoms in total. The molecule has 0 saturated heterocycles.